The maximum absolute atomic E-state index is 13.4. The lowest BCUT2D eigenvalue weighted by Gasteiger charge is -2.12. The lowest BCUT2D eigenvalue weighted by molar-refractivity contribution is -0.141. The largest absolute Gasteiger partial charge is 0.433 e. The van der Waals surface area contributed by atoms with Crippen molar-refractivity contribution < 1.29 is 26.7 Å². The van der Waals surface area contributed by atoms with Crippen LogP contribution >= 0.6 is 0 Å². The molecule has 2 fully saturated rings. The maximum Gasteiger partial charge on any atom is 0.433 e. The van der Waals surface area contributed by atoms with E-state index in [2.05, 4.69) is 25.6 Å². The lowest BCUT2D eigenvalue weighted by Crippen LogP contribution is -2.40. The van der Waals surface area contributed by atoms with Crippen LogP contribution in [0.15, 0.2) is 30.7 Å². The molecule has 2 aliphatic rings. The van der Waals surface area contributed by atoms with Crippen LogP contribution in [-0.4, -0.2) is 39.4 Å². The Balaban J connectivity index is 1.38. The van der Waals surface area contributed by atoms with E-state index in [0.717, 1.165) is 12.3 Å². The van der Waals surface area contributed by atoms with Gasteiger partial charge in [-0.15, -0.1) is 0 Å². The average Bonchev–Trinajstić information content (AvgIpc) is 3.00. The molecule has 2 atom stereocenters. The van der Waals surface area contributed by atoms with E-state index < -0.39 is 35.2 Å². The van der Waals surface area contributed by atoms with Gasteiger partial charge >= 0.3 is 6.18 Å². The van der Waals surface area contributed by atoms with Crippen LogP contribution in [0.4, 0.5) is 22.0 Å². The highest BCUT2D eigenvalue weighted by Crippen LogP contribution is 2.64. The molecule has 154 valence electrons. The van der Waals surface area contributed by atoms with E-state index in [4.69, 9.17) is 0 Å². The molecule has 2 N–H and O–H groups in total. The highest BCUT2D eigenvalue weighted by molar-refractivity contribution is 5.82. The molecule has 0 radical (unpaired) electrons. The number of rotatable bonds is 4. The van der Waals surface area contributed by atoms with Crippen molar-refractivity contribution in [3.63, 3.8) is 0 Å². The summed E-state index contributed by atoms with van der Waals surface area (Å²) in [5, 5.41) is 5.47. The highest BCUT2D eigenvalue weighted by Gasteiger charge is 2.73. The maximum atomic E-state index is 13.4. The molecule has 1 spiro atoms. The number of aromatic nitrogens is 3. The Kier molecular flexibility index (Phi) is 4.52. The summed E-state index contributed by atoms with van der Waals surface area (Å²) in [7, 11) is 0. The van der Waals surface area contributed by atoms with Crippen LogP contribution < -0.4 is 10.6 Å². The topological polar surface area (TPSA) is 79.8 Å². The van der Waals surface area contributed by atoms with E-state index in [9.17, 15) is 26.7 Å². The molecule has 3 heterocycles. The molecular weight excluding hydrogens is 397 g/mol. The normalized spacial score (nSPS) is 25.2. The Labute approximate surface area is 162 Å². The minimum atomic E-state index is -4.53. The zero-order chi connectivity index (χ0) is 20.9. The van der Waals surface area contributed by atoms with Crippen molar-refractivity contribution in [2.75, 3.05) is 6.54 Å². The van der Waals surface area contributed by atoms with Gasteiger partial charge in [0.2, 0.25) is 5.91 Å². The molecule has 6 nitrogen and oxygen atoms in total. The third-order valence-electron chi connectivity index (χ3n) is 5.33. The number of hydrogen-bond donors (Lipinski definition) is 2. The van der Waals surface area contributed by atoms with Gasteiger partial charge in [0.05, 0.1) is 29.4 Å². The fourth-order valence-corrected chi connectivity index (χ4v) is 3.50. The van der Waals surface area contributed by atoms with E-state index in [1.54, 1.807) is 0 Å². The van der Waals surface area contributed by atoms with Gasteiger partial charge in [0.15, 0.2) is 0 Å². The first kappa shape index (κ1) is 19.6. The van der Waals surface area contributed by atoms with Gasteiger partial charge in [0.1, 0.15) is 12.0 Å². The number of carbonyl (C=O) groups is 1. The summed E-state index contributed by atoms with van der Waals surface area (Å²) in [4.78, 5) is 23.7. The van der Waals surface area contributed by atoms with Crippen LogP contribution in [0, 0.1) is 5.41 Å². The smallest absolute Gasteiger partial charge is 0.349 e. The second-order valence-corrected chi connectivity index (χ2v) is 7.34. The molecule has 1 aliphatic heterocycles. The fraction of sp³-hybridized carbons (Fsp3) is 0.444. The van der Waals surface area contributed by atoms with Gasteiger partial charge in [-0.25, -0.2) is 18.7 Å². The van der Waals surface area contributed by atoms with Crippen LogP contribution in [-0.2, 0) is 17.5 Å². The second kappa shape index (κ2) is 6.68. The Morgan fingerprint density at radius 2 is 2.00 bits per heavy atom. The summed E-state index contributed by atoms with van der Waals surface area (Å²) >= 11 is 0. The van der Waals surface area contributed by atoms with Crippen molar-refractivity contribution in [2.45, 2.75) is 37.5 Å². The Bertz CT molecular complexity index is 933. The number of nitrogens with zero attached hydrogens (tertiary/aromatic N) is 3. The van der Waals surface area contributed by atoms with Gasteiger partial charge < -0.3 is 10.6 Å². The fourth-order valence-electron chi connectivity index (χ4n) is 3.50. The van der Waals surface area contributed by atoms with Gasteiger partial charge in [-0.05, 0) is 24.6 Å². The number of halogens is 5. The monoisotopic (exact) mass is 413 g/mol. The second-order valence-electron chi connectivity index (χ2n) is 7.34. The first-order valence-electron chi connectivity index (χ1n) is 8.83. The molecular formula is C18H16F5N5O. The number of hydrogen-bond acceptors (Lipinski definition) is 5. The Hall–Kier alpha value is -2.69. The molecule has 11 heteroatoms. The van der Waals surface area contributed by atoms with Crippen LogP contribution in [0.5, 0.6) is 0 Å². The molecule has 4 rings (SSSR count). The summed E-state index contributed by atoms with van der Waals surface area (Å²) in [5.74, 6) is -3.12. The van der Waals surface area contributed by atoms with E-state index in [1.807, 2.05) is 0 Å². The molecule has 1 unspecified atom stereocenters. The van der Waals surface area contributed by atoms with Crippen molar-refractivity contribution in [1.29, 1.82) is 0 Å². The zero-order valence-electron chi connectivity index (χ0n) is 14.9. The summed E-state index contributed by atoms with van der Waals surface area (Å²) in [6.07, 6.45) is -2.37. The number of amides is 1. The number of pyridine rings is 1. The molecule has 1 saturated heterocycles. The number of carbonyl (C=O) groups excluding carboxylic acids is 1. The Morgan fingerprint density at radius 3 is 2.59 bits per heavy atom. The van der Waals surface area contributed by atoms with Crippen molar-refractivity contribution in [3.8, 4) is 11.3 Å². The highest BCUT2D eigenvalue weighted by atomic mass is 19.4. The molecule has 1 aliphatic carbocycles. The SMILES string of the molecule is O=C(NCc1cc(-c2ccc(C(F)(F)F)nc2)ncn1)[C@@H]1CC2(CN1)CC2(F)F. The average molecular weight is 413 g/mol. The first-order chi connectivity index (χ1) is 13.6. The van der Waals surface area contributed by atoms with E-state index in [-0.39, 0.29) is 25.9 Å². The predicted octanol–water partition coefficient (Wildman–Crippen LogP) is 2.56. The van der Waals surface area contributed by atoms with Gasteiger partial charge in [-0.1, -0.05) is 0 Å². The summed E-state index contributed by atoms with van der Waals surface area (Å²) in [5.41, 5.74) is -0.977. The summed E-state index contributed by atoms with van der Waals surface area (Å²) < 4.78 is 64.7. The van der Waals surface area contributed by atoms with Gasteiger partial charge in [0.25, 0.3) is 5.92 Å². The van der Waals surface area contributed by atoms with E-state index in [0.29, 0.717) is 17.0 Å². The van der Waals surface area contributed by atoms with Crippen LogP contribution in [0.3, 0.4) is 0 Å². The standard InChI is InChI=1S/C18H16F5N5O/c19-17(20)7-16(17)4-13(26-8-16)15(29)25-6-11-3-12(28-9-27-11)10-1-2-14(24-5-10)18(21,22)23/h1-3,5,9,13,26H,4,6-8H2,(H,25,29)/t13-,16?/m0/s1. The molecule has 2 aromatic rings. The molecule has 0 bridgehead atoms. The van der Waals surface area contributed by atoms with Crippen LogP contribution in [0.25, 0.3) is 11.3 Å². The predicted molar refractivity (Wildman–Crippen MR) is 90.5 cm³/mol. The Morgan fingerprint density at radius 1 is 1.24 bits per heavy atom. The molecule has 0 aromatic carbocycles. The third kappa shape index (κ3) is 3.78. The quantitative estimate of drug-likeness (QED) is 0.754. The van der Waals surface area contributed by atoms with Gasteiger partial charge in [-0.2, -0.15) is 13.2 Å². The van der Waals surface area contributed by atoms with Crippen molar-refractivity contribution in [3.05, 3.63) is 42.1 Å². The first-order valence-corrected chi connectivity index (χ1v) is 8.83. The molecule has 1 amide bonds. The minimum Gasteiger partial charge on any atom is -0.349 e. The minimum absolute atomic E-state index is 0.0317. The van der Waals surface area contributed by atoms with Crippen molar-refractivity contribution in [2.24, 2.45) is 5.41 Å². The number of alkyl halides is 5. The lowest BCUT2D eigenvalue weighted by atomic mass is 10.0. The van der Waals surface area contributed by atoms with E-state index in [1.165, 1.54) is 18.5 Å². The number of nitrogens with one attached hydrogen (secondary N) is 2. The zero-order valence-corrected chi connectivity index (χ0v) is 14.9. The van der Waals surface area contributed by atoms with E-state index >= 15 is 0 Å². The third-order valence-corrected chi connectivity index (χ3v) is 5.33. The van der Waals surface area contributed by atoms with Gasteiger partial charge in [0, 0.05) is 24.7 Å². The van der Waals surface area contributed by atoms with Gasteiger partial charge in [-0.3, -0.25) is 9.78 Å². The van der Waals surface area contributed by atoms with Crippen LogP contribution in [0.1, 0.15) is 24.2 Å². The van der Waals surface area contributed by atoms with Crippen molar-refractivity contribution in [1.82, 2.24) is 25.6 Å². The molecule has 1 saturated carbocycles. The van der Waals surface area contributed by atoms with Crippen LogP contribution in [0.2, 0.25) is 0 Å². The summed E-state index contributed by atoms with van der Waals surface area (Å²) in [6.45, 7) is 0.140. The summed E-state index contributed by atoms with van der Waals surface area (Å²) in [6, 6.07) is 2.93. The molecule has 29 heavy (non-hydrogen) atoms. The molecule has 2 aromatic heterocycles. The van der Waals surface area contributed by atoms with Crippen molar-refractivity contribution >= 4 is 5.91 Å².